The zero-order chi connectivity index (χ0) is 24.7. The number of amides is 1. The maximum atomic E-state index is 12.8. The molecule has 0 atom stereocenters. The average Bonchev–Trinajstić information content (AvgIpc) is 2.77. The first-order chi connectivity index (χ1) is 16.0. The van der Waals surface area contributed by atoms with Crippen LogP contribution in [0.15, 0.2) is 42.6 Å². The number of carbonyl (C=O) groups excluding carboxylic acids is 1. The number of methoxy groups -OCH3 is 1. The number of aromatic nitrogens is 1. The normalized spacial score (nSPS) is 15.0. The predicted octanol–water partition coefficient (Wildman–Crippen LogP) is 5.10. The van der Waals surface area contributed by atoms with Crippen molar-refractivity contribution in [1.82, 2.24) is 4.98 Å². The second kappa shape index (κ2) is 8.91. The van der Waals surface area contributed by atoms with Gasteiger partial charge in [-0.1, -0.05) is 32.9 Å². The number of benzene rings is 2. The SMILES string of the molecule is COc1c(C(C)(C)C)cc(N2CCCCC2=O)c2ncc(-c3ccc(NS(C)(=O)=O)cc3)cc12. The fraction of sp³-hybridized carbons (Fsp3) is 0.385. The molecule has 1 aliphatic heterocycles. The summed E-state index contributed by atoms with van der Waals surface area (Å²) in [7, 11) is -1.68. The summed E-state index contributed by atoms with van der Waals surface area (Å²) in [6.45, 7) is 7.07. The molecule has 1 fully saturated rings. The zero-order valence-corrected chi connectivity index (χ0v) is 21.1. The minimum absolute atomic E-state index is 0.123. The van der Waals surface area contributed by atoms with Crippen molar-refractivity contribution in [3.05, 3.63) is 48.2 Å². The van der Waals surface area contributed by atoms with E-state index < -0.39 is 10.0 Å². The lowest BCUT2D eigenvalue weighted by Gasteiger charge is -2.31. The molecule has 0 radical (unpaired) electrons. The highest BCUT2D eigenvalue weighted by molar-refractivity contribution is 7.92. The minimum Gasteiger partial charge on any atom is -0.496 e. The first-order valence-corrected chi connectivity index (χ1v) is 13.3. The summed E-state index contributed by atoms with van der Waals surface area (Å²) < 4.78 is 31.4. The second-order valence-corrected chi connectivity index (χ2v) is 11.5. The zero-order valence-electron chi connectivity index (χ0n) is 20.3. The molecular weight excluding hydrogens is 450 g/mol. The molecule has 1 aromatic heterocycles. The van der Waals surface area contributed by atoms with Crippen LogP contribution in [0, 0.1) is 0 Å². The fourth-order valence-electron chi connectivity index (χ4n) is 4.40. The van der Waals surface area contributed by atoms with Crippen LogP contribution in [-0.2, 0) is 20.2 Å². The number of hydrogen-bond donors (Lipinski definition) is 1. The van der Waals surface area contributed by atoms with E-state index in [1.807, 2.05) is 23.1 Å². The minimum atomic E-state index is -3.34. The molecule has 180 valence electrons. The highest BCUT2D eigenvalue weighted by Crippen LogP contribution is 2.43. The maximum Gasteiger partial charge on any atom is 0.229 e. The number of rotatable bonds is 5. The Morgan fingerprint density at radius 3 is 2.35 bits per heavy atom. The number of nitrogens with one attached hydrogen (secondary N) is 1. The van der Waals surface area contributed by atoms with Gasteiger partial charge in [-0.25, -0.2) is 8.42 Å². The monoisotopic (exact) mass is 481 g/mol. The Kier molecular flexibility index (Phi) is 6.29. The van der Waals surface area contributed by atoms with E-state index in [1.165, 1.54) is 0 Å². The second-order valence-electron chi connectivity index (χ2n) is 9.80. The van der Waals surface area contributed by atoms with Crippen molar-refractivity contribution in [2.75, 3.05) is 29.5 Å². The van der Waals surface area contributed by atoms with E-state index in [-0.39, 0.29) is 11.3 Å². The number of piperidine rings is 1. The maximum absolute atomic E-state index is 12.8. The first kappa shape index (κ1) is 24.0. The molecule has 3 aromatic rings. The molecule has 2 heterocycles. The van der Waals surface area contributed by atoms with Crippen LogP contribution >= 0.6 is 0 Å². The van der Waals surface area contributed by atoms with E-state index in [0.717, 1.165) is 58.1 Å². The Labute approximate surface area is 201 Å². The van der Waals surface area contributed by atoms with Gasteiger partial charge < -0.3 is 9.64 Å². The van der Waals surface area contributed by atoms with Gasteiger partial charge in [0.05, 0.1) is 24.6 Å². The molecule has 0 bridgehead atoms. The summed E-state index contributed by atoms with van der Waals surface area (Å²) >= 11 is 0. The highest BCUT2D eigenvalue weighted by atomic mass is 32.2. The smallest absolute Gasteiger partial charge is 0.229 e. The molecule has 0 aliphatic carbocycles. The number of carbonyl (C=O) groups is 1. The highest BCUT2D eigenvalue weighted by Gasteiger charge is 2.28. The number of hydrogen-bond acceptors (Lipinski definition) is 5. The average molecular weight is 482 g/mol. The van der Waals surface area contributed by atoms with Crippen LogP contribution < -0.4 is 14.4 Å². The summed E-state index contributed by atoms with van der Waals surface area (Å²) in [5.41, 5.74) is 4.64. The van der Waals surface area contributed by atoms with Crippen LogP contribution in [0.25, 0.3) is 22.0 Å². The van der Waals surface area contributed by atoms with Crippen LogP contribution in [0.1, 0.15) is 45.6 Å². The van der Waals surface area contributed by atoms with Gasteiger partial charge in [-0.3, -0.25) is 14.5 Å². The molecule has 4 rings (SSSR count). The molecule has 1 amide bonds. The lowest BCUT2D eigenvalue weighted by molar-refractivity contribution is -0.119. The van der Waals surface area contributed by atoms with Crippen molar-refractivity contribution in [2.45, 2.75) is 45.4 Å². The third kappa shape index (κ3) is 4.87. The van der Waals surface area contributed by atoms with Gasteiger partial charge in [0.15, 0.2) is 0 Å². The van der Waals surface area contributed by atoms with Crippen molar-refractivity contribution >= 4 is 38.2 Å². The lowest BCUT2D eigenvalue weighted by atomic mass is 9.84. The number of ether oxygens (including phenoxy) is 1. The summed E-state index contributed by atoms with van der Waals surface area (Å²) in [6.07, 6.45) is 5.34. The molecule has 1 aliphatic rings. The summed E-state index contributed by atoms with van der Waals surface area (Å²) in [5, 5.41) is 0.846. The van der Waals surface area contributed by atoms with Crippen molar-refractivity contribution < 1.29 is 17.9 Å². The van der Waals surface area contributed by atoms with Gasteiger partial charge in [-0.05, 0) is 48.1 Å². The molecule has 2 aromatic carbocycles. The first-order valence-electron chi connectivity index (χ1n) is 11.4. The van der Waals surface area contributed by atoms with E-state index >= 15 is 0 Å². The van der Waals surface area contributed by atoms with Crippen LogP contribution in [0.3, 0.4) is 0 Å². The van der Waals surface area contributed by atoms with E-state index in [0.29, 0.717) is 18.7 Å². The predicted molar refractivity (Wildman–Crippen MR) is 137 cm³/mol. The Morgan fingerprint density at radius 1 is 1.06 bits per heavy atom. The van der Waals surface area contributed by atoms with Crippen LogP contribution in [0.5, 0.6) is 5.75 Å². The van der Waals surface area contributed by atoms with Crippen molar-refractivity contribution in [3.63, 3.8) is 0 Å². The molecule has 0 saturated carbocycles. The molecule has 0 spiro atoms. The van der Waals surface area contributed by atoms with Gasteiger partial charge >= 0.3 is 0 Å². The molecule has 0 unspecified atom stereocenters. The van der Waals surface area contributed by atoms with Gasteiger partial charge in [0.25, 0.3) is 0 Å². The van der Waals surface area contributed by atoms with Crippen molar-refractivity contribution in [3.8, 4) is 16.9 Å². The van der Waals surface area contributed by atoms with Gasteiger partial charge in [0.1, 0.15) is 5.75 Å². The number of pyridine rings is 1. The van der Waals surface area contributed by atoms with Crippen LogP contribution in [-0.4, -0.2) is 39.2 Å². The van der Waals surface area contributed by atoms with Gasteiger partial charge in [0.2, 0.25) is 15.9 Å². The third-order valence-electron chi connectivity index (χ3n) is 6.05. The summed E-state index contributed by atoms with van der Waals surface area (Å²) in [6, 6.07) is 11.2. The fourth-order valence-corrected chi connectivity index (χ4v) is 4.97. The molecule has 7 nitrogen and oxygen atoms in total. The van der Waals surface area contributed by atoms with E-state index in [2.05, 4.69) is 31.6 Å². The molecule has 1 saturated heterocycles. The number of nitrogens with zero attached hydrogens (tertiary/aromatic N) is 2. The standard InChI is InChI=1S/C26H31N3O4S/c1-26(2,3)21-15-22(29-13-7-6-8-23(29)30)24-20(25(21)33-4)14-18(16-27-24)17-9-11-19(12-10-17)28-34(5,31)32/h9-12,14-16,28H,6-8,13H2,1-5H3. The number of sulfonamides is 1. The van der Waals surface area contributed by atoms with Crippen molar-refractivity contribution in [2.24, 2.45) is 0 Å². The van der Waals surface area contributed by atoms with Gasteiger partial charge in [-0.2, -0.15) is 0 Å². The molecule has 8 heteroatoms. The van der Waals surface area contributed by atoms with Gasteiger partial charge in [-0.15, -0.1) is 0 Å². The Hall–Kier alpha value is -3.13. The van der Waals surface area contributed by atoms with E-state index in [1.54, 1.807) is 25.4 Å². The number of fused-ring (bicyclic) bond motifs is 1. The topological polar surface area (TPSA) is 88.6 Å². The largest absolute Gasteiger partial charge is 0.496 e. The molecule has 1 N–H and O–H groups in total. The Morgan fingerprint density at radius 2 is 1.76 bits per heavy atom. The van der Waals surface area contributed by atoms with E-state index in [9.17, 15) is 13.2 Å². The Balaban J connectivity index is 1.89. The molecular formula is C26H31N3O4S. The number of anilines is 2. The van der Waals surface area contributed by atoms with Crippen LogP contribution in [0.4, 0.5) is 11.4 Å². The van der Waals surface area contributed by atoms with Crippen molar-refractivity contribution in [1.29, 1.82) is 0 Å². The van der Waals surface area contributed by atoms with E-state index in [4.69, 9.17) is 9.72 Å². The lowest BCUT2D eigenvalue weighted by Crippen LogP contribution is -2.35. The molecule has 34 heavy (non-hydrogen) atoms. The third-order valence-corrected chi connectivity index (χ3v) is 6.65. The summed E-state index contributed by atoms with van der Waals surface area (Å²) in [4.78, 5) is 19.4. The summed E-state index contributed by atoms with van der Waals surface area (Å²) in [5.74, 6) is 0.873. The van der Waals surface area contributed by atoms with Gasteiger partial charge in [0, 0.05) is 41.4 Å². The Bertz CT molecular complexity index is 1340. The quantitative estimate of drug-likeness (QED) is 0.548. The van der Waals surface area contributed by atoms with Crippen LogP contribution in [0.2, 0.25) is 0 Å².